The second kappa shape index (κ2) is 8.96. The second-order valence-electron chi connectivity index (χ2n) is 5.91. The van der Waals surface area contributed by atoms with E-state index in [0.717, 1.165) is 5.56 Å². The maximum Gasteiger partial charge on any atom is 0.254 e. The van der Waals surface area contributed by atoms with Crippen molar-refractivity contribution in [1.82, 2.24) is 10.2 Å². The molecule has 6 nitrogen and oxygen atoms in total. The third kappa shape index (κ3) is 4.50. The predicted octanol–water partition coefficient (Wildman–Crippen LogP) is 1.79. The fraction of sp³-hybridized carbons (Fsp3) is 0.444. The predicted molar refractivity (Wildman–Crippen MR) is 91.2 cm³/mol. The molecule has 1 unspecified atom stereocenters. The molecule has 1 rings (SSSR count). The summed E-state index contributed by atoms with van der Waals surface area (Å²) in [6.45, 7) is 3.88. The van der Waals surface area contributed by atoms with Gasteiger partial charge in [0.05, 0.1) is 11.6 Å². The number of nitrogens with zero attached hydrogens (tertiary/aromatic N) is 1. The highest BCUT2D eigenvalue weighted by Crippen LogP contribution is 2.23. The molecule has 0 radical (unpaired) electrons. The van der Waals surface area contributed by atoms with Crippen LogP contribution < -0.4 is 5.32 Å². The number of nitrogens with one attached hydrogen (secondary N) is 1. The molecule has 1 atom stereocenters. The Morgan fingerprint density at radius 2 is 1.92 bits per heavy atom. The molecule has 24 heavy (non-hydrogen) atoms. The van der Waals surface area contributed by atoms with Crippen molar-refractivity contribution in [3.8, 4) is 0 Å². The summed E-state index contributed by atoms with van der Waals surface area (Å²) in [5.74, 6) is -0.509. The van der Waals surface area contributed by atoms with Crippen LogP contribution in [0.3, 0.4) is 0 Å². The molecule has 1 aromatic carbocycles. The molecule has 1 aromatic rings. The zero-order valence-electron chi connectivity index (χ0n) is 14.5. The van der Waals surface area contributed by atoms with Gasteiger partial charge in [-0.1, -0.05) is 26.0 Å². The van der Waals surface area contributed by atoms with Gasteiger partial charge in [0, 0.05) is 26.1 Å². The van der Waals surface area contributed by atoms with Crippen molar-refractivity contribution in [3.63, 3.8) is 0 Å². The zero-order chi connectivity index (χ0) is 18.3. The molecule has 0 aliphatic carbocycles. The average Bonchev–Trinajstić information content (AvgIpc) is 2.59. The van der Waals surface area contributed by atoms with Crippen molar-refractivity contribution in [2.75, 3.05) is 14.1 Å². The summed E-state index contributed by atoms with van der Waals surface area (Å²) in [5.41, 5.74) is 1.41. The fourth-order valence-electron chi connectivity index (χ4n) is 2.50. The molecule has 6 heteroatoms. The number of aldehydes is 2. The van der Waals surface area contributed by atoms with E-state index < -0.39 is 11.9 Å². The maximum absolute atomic E-state index is 12.7. The lowest BCUT2D eigenvalue weighted by molar-refractivity contribution is -0.121. The van der Waals surface area contributed by atoms with Gasteiger partial charge in [-0.3, -0.25) is 14.4 Å². The number of hydrogen-bond acceptors (Lipinski definition) is 4. The quantitative estimate of drug-likeness (QED) is 0.736. The minimum absolute atomic E-state index is 0.0957. The van der Waals surface area contributed by atoms with Crippen LogP contribution in [-0.2, 0) is 9.59 Å². The van der Waals surface area contributed by atoms with Gasteiger partial charge in [0.1, 0.15) is 6.29 Å². The summed E-state index contributed by atoms with van der Waals surface area (Å²) >= 11 is 0. The van der Waals surface area contributed by atoms with E-state index in [1.54, 1.807) is 12.1 Å². The highest BCUT2D eigenvalue weighted by Gasteiger charge is 2.24. The van der Waals surface area contributed by atoms with Crippen molar-refractivity contribution in [1.29, 1.82) is 0 Å². The van der Waals surface area contributed by atoms with E-state index >= 15 is 0 Å². The first kappa shape index (κ1) is 19.5. The van der Waals surface area contributed by atoms with Crippen LogP contribution in [-0.4, -0.2) is 49.4 Å². The van der Waals surface area contributed by atoms with E-state index in [0.29, 0.717) is 18.1 Å². The van der Waals surface area contributed by atoms with Gasteiger partial charge in [0.15, 0.2) is 6.29 Å². The van der Waals surface area contributed by atoms with Crippen molar-refractivity contribution < 1.29 is 19.2 Å². The van der Waals surface area contributed by atoms with Crippen LogP contribution in [0.4, 0.5) is 0 Å². The van der Waals surface area contributed by atoms with Crippen LogP contribution in [0.2, 0.25) is 0 Å². The van der Waals surface area contributed by atoms with E-state index in [1.807, 2.05) is 19.9 Å². The Balaban J connectivity index is 3.07. The topological polar surface area (TPSA) is 83.6 Å². The molecule has 0 fully saturated rings. The van der Waals surface area contributed by atoms with Gasteiger partial charge in [0.2, 0.25) is 5.91 Å². The van der Waals surface area contributed by atoms with Gasteiger partial charge in [-0.05, 0) is 24.0 Å². The molecule has 130 valence electrons. The molecule has 0 saturated carbocycles. The fourth-order valence-corrected chi connectivity index (χ4v) is 2.50. The minimum atomic E-state index is -0.725. The van der Waals surface area contributed by atoms with Gasteiger partial charge in [0.25, 0.3) is 5.91 Å². The first-order chi connectivity index (χ1) is 11.4. The molecule has 0 bridgehead atoms. The van der Waals surface area contributed by atoms with Gasteiger partial charge in [-0.2, -0.15) is 0 Å². The number of hydrogen-bond donors (Lipinski definition) is 1. The van der Waals surface area contributed by atoms with E-state index in [1.165, 1.54) is 19.0 Å². The van der Waals surface area contributed by atoms with Gasteiger partial charge in [-0.25, -0.2) is 0 Å². The van der Waals surface area contributed by atoms with Gasteiger partial charge in [-0.15, -0.1) is 0 Å². The Labute approximate surface area is 142 Å². The van der Waals surface area contributed by atoms with Crippen LogP contribution >= 0.6 is 0 Å². The van der Waals surface area contributed by atoms with Crippen LogP contribution in [0.1, 0.15) is 58.9 Å². The first-order valence-corrected chi connectivity index (χ1v) is 7.88. The van der Waals surface area contributed by atoms with Crippen LogP contribution in [0.25, 0.3) is 0 Å². The number of rotatable bonds is 8. The lowest BCUT2D eigenvalue weighted by Crippen LogP contribution is -2.39. The second-order valence-corrected chi connectivity index (χ2v) is 5.91. The van der Waals surface area contributed by atoms with E-state index in [4.69, 9.17) is 0 Å². The van der Waals surface area contributed by atoms with E-state index in [2.05, 4.69) is 5.32 Å². The number of likely N-dealkylation sites (N-methyl/N-ethyl adjacent to an activating group) is 1. The van der Waals surface area contributed by atoms with Crippen LogP contribution in [0, 0.1) is 0 Å². The third-order valence-electron chi connectivity index (χ3n) is 4.03. The van der Waals surface area contributed by atoms with E-state index in [-0.39, 0.29) is 30.2 Å². The smallest absolute Gasteiger partial charge is 0.254 e. The SMILES string of the molecule is CNC(=O)CCC(C=O)N(C)C(=O)c1cccc(C(C)C)c1C=O. The van der Waals surface area contributed by atoms with Crippen molar-refractivity contribution in [2.45, 2.75) is 38.6 Å². The third-order valence-corrected chi connectivity index (χ3v) is 4.03. The molecule has 0 heterocycles. The summed E-state index contributed by atoms with van der Waals surface area (Å²) < 4.78 is 0. The summed E-state index contributed by atoms with van der Waals surface area (Å²) in [6.07, 6.45) is 1.69. The van der Waals surface area contributed by atoms with Crippen molar-refractivity contribution in [2.24, 2.45) is 0 Å². The number of carbonyl (C=O) groups is 4. The summed E-state index contributed by atoms with van der Waals surface area (Å²) in [4.78, 5) is 48.1. The lowest BCUT2D eigenvalue weighted by Gasteiger charge is -2.25. The van der Waals surface area contributed by atoms with Gasteiger partial charge >= 0.3 is 0 Å². The summed E-state index contributed by atoms with van der Waals surface area (Å²) in [5, 5.41) is 2.48. The van der Waals surface area contributed by atoms with Crippen LogP contribution in [0.15, 0.2) is 18.2 Å². The Bertz CT molecular complexity index is 625. The molecule has 0 aliphatic rings. The lowest BCUT2D eigenvalue weighted by atomic mass is 9.93. The van der Waals surface area contributed by atoms with Gasteiger partial charge < -0.3 is 15.0 Å². The standard InChI is InChI=1S/C18H24N2O4/c1-12(2)14-6-5-7-15(16(14)11-22)18(24)20(4)13(10-21)8-9-17(23)19-3/h5-7,10-13H,8-9H2,1-4H3,(H,19,23). The minimum Gasteiger partial charge on any atom is -0.359 e. The Morgan fingerprint density at radius 1 is 1.25 bits per heavy atom. The Kier molecular flexibility index (Phi) is 7.30. The molecule has 0 aliphatic heterocycles. The molecule has 2 amide bonds. The molecule has 0 spiro atoms. The Morgan fingerprint density at radius 3 is 2.42 bits per heavy atom. The Hall–Kier alpha value is -2.50. The summed E-state index contributed by atoms with van der Waals surface area (Å²) in [7, 11) is 3.02. The zero-order valence-corrected chi connectivity index (χ0v) is 14.5. The average molecular weight is 332 g/mol. The highest BCUT2D eigenvalue weighted by molar-refractivity contribution is 6.03. The van der Waals surface area contributed by atoms with Crippen molar-refractivity contribution >= 4 is 24.4 Å². The monoisotopic (exact) mass is 332 g/mol. The first-order valence-electron chi connectivity index (χ1n) is 7.88. The number of carbonyl (C=O) groups excluding carboxylic acids is 4. The summed E-state index contributed by atoms with van der Waals surface area (Å²) in [6, 6.07) is 4.39. The molecular weight excluding hydrogens is 308 g/mol. The normalized spacial score (nSPS) is 11.7. The number of benzene rings is 1. The highest BCUT2D eigenvalue weighted by atomic mass is 16.2. The van der Waals surface area contributed by atoms with Crippen LogP contribution in [0.5, 0.6) is 0 Å². The molecular formula is C18H24N2O4. The number of amides is 2. The molecule has 1 N–H and O–H groups in total. The maximum atomic E-state index is 12.7. The van der Waals surface area contributed by atoms with E-state index in [9.17, 15) is 19.2 Å². The van der Waals surface area contributed by atoms with Crippen molar-refractivity contribution in [3.05, 3.63) is 34.9 Å². The molecule has 0 aromatic heterocycles. The largest absolute Gasteiger partial charge is 0.359 e. The molecule has 0 saturated heterocycles.